The molecule has 6 nitrogen and oxygen atoms in total. The minimum atomic E-state index is -0.521. The van der Waals surface area contributed by atoms with Gasteiger partial charge in [-0.25, -0.2) is 8.78 Å². The molecule has 0 radical (unpaired) electrons. The van der Waals surface area contributed by atoms with Gasteiger partial charge in [-0.05, 0) is 114 Å². The highest BCUT2D eigenvalue weighted by molar-refractivity contribution is 5.96. The van der Waals surface area contributed by atoms with Gasteiger partial charge < -0.3 is 20.2 Å². The van der Waals surface area contributed by atoms with E-state index >= 15 is 0 Å². The number of hydrogen-bond donors (Lipinski definition) is 2. The molecule has 0 aliphatic rings. The van der Waals surface area contributed by atoms with Crippen LogP contribution in [0.4, 0.5) is 8.78 Å². The number of carbonyl (C=O) groups is 2. The second kappa shape index (κ2) is 31.7. The van der Waals surface area contributed by atoms with Crippen LogP contribution in [0.1, 0.15) is 112 Å². The van der Waals surface area contributed by atoms with Crippen molar-refractivity contribution in [2.45, 2.75) is 94.4 Å². The molecule has 0 saturated heterocycles. The molecule has 0 spiro atoms. The molecule has 254 valence electrons. The second-order valence-corrected chi connectivity index (χ2v) is 10.4. The molecule has 0 saturated carbocycles. The second-order valence-electron chi connectivity index (χ2n) is 10.4. The molecular weight excluding hydrogens is 560 g/mol. The molecule has 0 aliphatic heterocycles. The van der Waals surface area contributed by atoms with Crippen LogP contribution in [-0.2, 0) is 0 Å². The van der Waals surface area contributed by atoms with Gasteiger partial charge in [0.25, 0.3) is 5.91 Å². The maximum absolute atomic E-state index is 12.2. The molecule has 1 amide bonds. The van der Waals surface area contributed by atoms with Gasteiger partial charge in [0.15, 0.2) is 0 Å². The lowest BCUT2D eigenvalue weighted by Gasteiger charge is -2.20. The summed E-state index contributed by atoms with van der Waals surface area (Å²) in [6.45, 7) is 24.0. The summed E-state index contributed by atoms with van der Waals surface area (Å²) in [4.78, 5) is 27.5. The Morgan fingerprint density at radius 2 is 1.30 bits per heavy atom. The van der Waals surface area contributed by atoms with Gasteiger partial charge in [-0.1, -0.05) is 54.9 Å². The van der Waals surface area contributed by atoms with E-state index in [1.807, 2.05) is 20.8 Å². The number of aldehydes is 1. The summed E-state index contributed by atoms with van der Waals surface area (Å²) in [5.74, 6) is -1.20. The first-order valence-electron chi connectivity index (χ1n) is 16.3. The minimum absolute atomic E-state index is 0.156. The van der Waals surface area contributed by atoms with Crippen LogP contribution in [0.15, 0.2) is 36.4 Å². The molecule has 0 unspecified atom stereocenters. The lowest BCUT2D eigenvalue weighted by atomic mass is 10.1. The van der Waals surface area contributed by atoms with Crippen molar-refractivity contribution in [3.63, 3.8) is 0 Å². The van der Waals surface area contributed by atoms with Crippen LogP contribution in [0.3, 0.4) is 0 Å². The molecule has 0 fully saturated rings. The molecule has 44 heavy (non-hydrogen) atoms. The molecule has 2 rings (SSSR count). The highest BCUT2D eigenvalue weighted by Crippen LogP contribution is 2.08. The predicted molar refractivity (Wildman–Crippen MR) is 184 cm³/mol. The van der Waals surface area contributed by atoms with Crippen molar-refractivity contribution < 1.29 is 23.5 Å². The van der Waals surface area contributed by atoms with Crippen molar-refractivity contribution in [2.24, 2.45) is 0 Å². The first-order chi connectivity index (χ1) is 21.0. The smallest absolute Gasteiger partial charge is 0.251 e. The van der Waals surface area contributed by atoms with Crippen molar-refractivity contribution in [3.8, 4) is 0 Å². The van der Waals surface area contributed by atoms with Gasteiger partial charge in [0.2, 0.25) is 0 Å². The van der Waals surface area contributed by atoms with Gasteiger partial charge in [-0.15, -0.1) is 0 Å². The molecule has 0 bridgehead atoms. The summed E-state index contributed by atoms with van der Waals surface area (Å²) in [5, 5.41) is 11.9. The summed E-state index contributed by atoms with van der Waals surface area (Å²) in [6, 6.07) is 8.54. The Morgan fingerprint density at radius 3 is 1.73 bits per heavy atom. The van der Waals surface area contributed by atoms with Crippen molar-refractivity contribution in [3.05, 3.63) is 70.3 Å². The monoisotopic (exact) mass is 623 g/mol. The molecular formula is C36H63F2N3O3. The zero-order valence-electron chi connectivity index (χ0n) is 29.4. The van der Waals surface area contributed by atoms with E-state index in [1.165, 1.54) is 44.5 Å². The molecule has 2 aromatic carbocycles. The van der Waals surface area contributed by atoms with E-state index in [9.17, 15) is 18.4 Å². The Labute approximate surface area is 268 Å². The molecule has 0 aromatic heterocycles. The third kappa shape index (κ3) is 26.9. The van der Waals surface area contributed by atoms with Crippen LogP contribution in [0.5, 0.6) is 0 Å². The lowest BCUT2D eigenvalue weighted by molar-refractivity contribution is 0.0950. The number of aliphatic hydroxyl groups is 1. The highest BCUT2D eigenvalue weighted by Gasteiger charge is 2.08. The van der Waals surface area contributed by atoms with Gasteiger partial charge in [0.1, 0.15) is 17.9 Å². The predicted octanol–water partition coefficient (Wildman–Crippen LogP) is 8.09. The zero-order valence-corrected chi connectivity index (χ0v) is 29.4. The third-order valence-electron chi connectivity index (χ3n) is 5.61. The number of benzene rings is 2. The van der Waals surface area contributed by atoms with E-state index in [0.29, 0.717) is 29.8 Å². The maximum Gasteiger partial charge on any atom is 0.251 e. The minimum Gasteiger partial charge on any atom is -0.395 e. The van der Waals surface area contributed by atoms with E-state index in [4.69, 9.17) is 5.11 Å². The van der Waals surface area contributed by atoms with Crippen molar-refractivity contribution in [2.75, 3.05) is 52.9 Å². The number of amides is 1. The van der Waals surface area contributed by atoms with E-state index in [-0.39, 0.29) is 12.5 Å². The number of aryl methyl sites for hydroxylation is 2. The zero-order chi connectivity index (χ0) is 34.3. The number of rotatable bonds is 14. The average molecular weight is 624 g/mol. The highest BCUT2D eigenvalue weighted by atomic mass is 19.1. The Kier molecular flexibility index (Phi) is 33.0. The molecule has 0 heterocycles. The van der Waals surface area contributed by atoms with E-state index in [1.54, 1.807) is 25.1 Å². The fraction of sp³-hybridized carbons (Fsp3) is 0.611. The fourth-order valence-corrected chi connectivity index (χ4v) is 3.98. The van der Waals surface area contributed by atoms with Crippen LogP contribution in [0.25, 0.3) is 0 Å². The number of carbonyl (C=O) groups excluding carboxylic acids is 2. The molecule has 0 aliphatic carbocycles. The maximum atomic E-state index is 12.2. The number of nitrogens with zero attached hydrogens (tertiary/aromatic N) is 2. The first-order valence-corrected chi connectivity index (χ1v) is 16.3. The van der Waals surface area contributed by atoms with E-state index in [2.05, 4.69) is 56.8 Å². The summed E-state index contributed by atoms with van der Waals surface area (Å²) < 4.78 is 24.4. The largest absolute Gasteiger partial charge is 0.395 e. The topological polar surface area (TPSA) is 72.9 Å². The summed E-state index contributed by atoms with van der Waals surface area (Å²) in [7, 11) is 2.17. The average Bonchev–Trinajstić information content (AvgIpc) is 2.97. The van der Waals surface area contributed by atoms with E-state index < -0.39 is 11.6 Å². The lowest BCUT2D eigenvalue weighted by Crippen LogP contribution is -2.32. The quantitative estimate of drug-likeness (QED) is 0.164. The molecule has 0 atom stereocenters. The normalized spacial score (nSPS) is 9.80. The third-order valence-corrected chi connectivity index (χ3v) is 5.61. The van der Waals surface area contributed by atoms with E-state index in [0.717, 1.165) is 43.8 Å². The summed E-state index contributed by atoms with van der Waals surface area (Å²) in [6.07, 6.45) is 6.43. The van der Waals surface area contributed by atoms with Crippen LogP contribution in [-0.4, -0.2) is 80.0 Å². The Hall–Kier alpha value is -2.68. The standard InChI is InChI=1S/C17H26N2O3.C7H6F2.C7H17N.C3H8.C2H6/c1-3-6-19(8-9-20)7-4-5-18-17(22)16-11-14(2)10-15(12-16)13-21;1-5-2-6(8)4-7(9)3-5;1-4-6-8(3)7-5-2;1-3-2;1-2/h10-13,20H,3-9H2,1-2H3,(H,18,22);2-4H,1H3;4-7H2,1-3H3;3H2,1-2H3;1-2H3. The number of aliphatic hydroxyl groups excluding tert-OH is 1. The Morgan fingerprint density at radius 1 is 0.795 bits per heavy atom. The number of hydrogen-bond acceptors (Lipinski definition) is 5. The van der Waals surface area contributed by atoms with Gasteiger partial charge in [0.05, 0.1) is 6.61 Å². The van der Waals surface area contributed by atoms with Crippen LogP contribution < -0.4 is 5.32 Å². The van der Waals surface area contributed by atoms with Crippen LogP contribution >= 0.6 is 0 Å². The van der Waals surface area contributed by atoms with Gasteiger partial charge in [-0.3, -0.25) is 9.59 Å². The first kappa shape index (κ1) is 45.7. The fourth-order valence-electron chi connectivity index (χ4n) is 3.98. The van der Waals surface area contributed by atoms with Crippen LogP contribution in [0.2, 0.25) is 0 Å². The summed E-state index contributed by atoms with van der Waals surface area (Å²) >= 11 is 0. The Bertz CT molecular complexity index is 911. The van der Waals surface area contributed by atoms with Crippen molar-refractivity contribution in [1.82, 2.24) is 15.1 Å². The number of nitrogens with one attached hydrogen (secondary N) is 1. The van der Waals surface area contributed by atoms with Crippen molar-refractivity contribution in [1.29, 1.82) is 0 Å². The van der Waals surface area contributed by atoms with Gasteiger partial charge in [0, 0.05) is 30.3 Å². The van der Waals surface area contributed by atoms with Gasteiger partial charge >= 0.3 is 0 Å². The molecule has 2 N–H and O–H groups in total. The van der Waals surface area contributed by atoms with Crippen LogP contribution in [0, 0.1) is 25.5 Å². The number of halogens is 2. The van der Waals surface area contributed by atoms with Crippen molar-refractivity contribution >= 4 is 12.2 Å². The SMILES string of the molecule is CC.CCC.CCCN(C)CCC.CCCN(CCO)CCCNC(=O)c1cc(C)cc(C=O)c1.Cc1cc(F)cc(F)c1. The van der Waals surface area contributed by atoms with Gasteiger partial charge in [-0.2, -0.15) is 0 Å². The Balaban J connectivity index is -0.000000625. The molecule has 8 heteroatoms. The molecule has 2 aromatic rings. The summed E-state index contributed by atoms with van der Waals surface area (Å²) in [5.41, 5.74) is 2.53.